The van der Waals surface area contributed by atoms with Gasteiger partial charge in [0.2, 0.25) is 5.91 Å². The molecule has 104 valence electrons. The molecule has 1 amide bonds. The maximum absolute atomic E-state index is 11.8. The number of nitrogen functional groups attached to an aromatic ring is 1. The van der Waals surface area contributed by atoms with Gasteiger partial charge in [0.1, 0.15) is 0 Å². The Morgan fingerprint density at radius 3 is 3.00 bits per heavy atom. The second-order valence-electron chi connectivity index (χ2n) is 5.64. The molecule has 0 saturated carbocycles. The number of nitrogens with two attached hydrogens (primary N) is 1. The molecular weight excluding hydrogens is 238 g/mol. The molecule has 0 saturated heterocycles. The van der Waals surface area contributed by atoms with Gasteiger partial charge in [-0.3, -0.25) is 9.69 Å². The van der Waals surface area contributed by atoms with Crippen LogP contribution in [0, 0.1) is 5.92 Å². The normalized spacial score (nSPS) is 15.3. The maximum Gasteiger partial charge on any atom is 0.234 e. The summed E-state index contributed by atoms with van der Waals surface area (Å²) in [4.78, 5) is 14.0. The zero-order chi connectivity index (χ0) is 13.8. The highest BCUT2D eigenvalue weighted by Crippen LogP contribution is 2.23. The van der Waals surface area contributed by atoms with Gasteiger partial charge < -0.3 is 11.1 Å². The van der Waals surface area contributed by atoms with E-state index in [1.54, 1.807) is 0 Å². The van der Waals surface area contributed by atoms with Crippen molar-refractivity contribution in [2.45, 2.75) is 26.8 Å². The van der Waals surface area contributed by atoms with Gasteiger partial charge in [0.15, 0.2) is 0 Å². The number of nitrogens with zero attached hydrogens (tertiary/aromatic N) is 1. The van der Waals surface area contributed by atoms with E-state index in [-0.39, 0.29) is 5.91 Å². The third-order valence-corrected chi connectivity index (χ3v) is 3.46. The quantitative estimate of drug-likeness (QED) is 0.806. The summed E-state index contributed by atoms with van der Waals surface area (Å²) in [5.74, 6) is 0.604. The fraction of sp³-hybridized carbons (Fsp3) is 0.533. The highest BCUT2D eigenvalue weighted by Gasteiger charge is 2.19. The SMILES string of the molecule is CC(C)CNC(=O)CN1CCc2c(N)cccc2C1. The molecule has 19 heavy (non-hydrogen) atoms. The van der Waals surface area contributed by atoms with Crippen molar-refractivity contribution in [2.24, 2.45) is 5.92 Å². The minimum Gasteiger partial charge on any atom is -0.398 e. The number of fused-ring (bicyclic) bond motifs is 1. The van der Waals surface area contributed by atoms with E-state index in [1.165, 1.54) is 11.1 Å². The lowest BCUT2D eigenvalue weighted by molar-refractivity contribution is -0.122. The Balaban J connectivity index is 1.90. The second-order valence-corrected chi connectivity index (χ2v) is 5.64. The molecule has 4 heteroatoms. The molecule has 0 spiro atoms. The average molecular weight is 261 g/mol. The lowest BCUT2D eigenvalue weighted by Gasteiger charge is -2.29. The largest absolute Gasteiger partial charge is 0.398 e. The topological polar surface area (TPSA) is 58.4 Å². The van der Waals surface area contributed by atoms with Crippen LogP contribution in [0.3, 0.4) is 0 Å². The van der Waals surface area contributed by atoms with Crippen molar-refractivity contribution in [1.29, 1.82) is 0 Å². The molecule has 0 aromatic heterocycles. The van der Waals surface area contributed by atoms with E-state index in [2.05, 4.69) is 30.1 Å². The summed E-state index contributed by atoms with van der Waals surface area (Å²) in [7, 11) is 0. The van der Waals surface area contributed by atoms with Crippen molar-refractivity contribution < 1.29 is 4.79 Å². The van der Waals surface area contributed by atoms with Crippen LogP contribution in [0.1, 0.15) is 25.0 Å². The van der Waals surface area contributed by atoms with Gasteiger partial charge in [-0.25, -0.2) is 0 Å². The molecule has 0 bridgehead atoms. The van der Waals surface area contributed by atoms with Gasteiger partial charge in [0.25, 0.3) is 0 Å². The van der Waals surface area contributed by atoms with E-state index in [1.807, 2.05) is 12.1 Å². The number of hydrogen-bond acceptors (Lipinski definition) is 3. The number of carbonyl (C=O) groups excluding carboxylic acids is 1. The third-order valence-electron chi connectivity index (χ3n) is 3.46. The van der Waals surface area contributed by atoms with Crippen LogP contribution in [-0.2, 0) is 17.8 Å². The fourth-order valence-corrected chi connectivity index (χ4v) is 2.41. The first-order valence-electron chi connectivity index (χ1n) is 6.91. The van der Waals surface area contributed by atoms with Gasteiger partial charge in [-0.1, -0.05) is 26.0 Å². The van der Waals surface area contributed by atoms with Crippen molar-refractivity contribution >= 4 is 11.6 Å². The van der Waals surface area contributed by atoms with Crippen molar-refractivity contribution in [3.05, 3.63) is 29.3 Å². The van der Waals surface area contributed by atoms with Gasteiger partial charge >= 0.3 is 0 Å². The zero-order valence-electron chi connectivity index (χ0n) is 11.8. The number of amides is 1. The lowest BCUT2D eigenvalue weighted by Crippen LogP contribution is -2.40. The molecule has 1 heterocycles. The maximum atomic E-state index is 11.8. The second kappa shape index (κ2) is 6.06. The monoisotopic (exact) mass is 261 g/mol. The summed E-state index contributed by atoms with van der Waals surface area (Å²) in [6, 6.07) is 6.03. The van der Waals surface area contributed by atoms with E-state index in [9.17, 15) is 4.79 Å². The van der Waals surface area contributed by atoms with E-state index < -0.39 is 0 Å². The first-order chi connectivity index (χ1) is 9.06. The molecule has 4 nitrogen and oxygen atoms in total. The van der Waals surface area contributed by atoms with Gasteiger partial charge in [-0.15, -0.1) is 0 Å². The molecule has 0 atom stereocenters. The molecule has 1 aliphatic rings. The van der Waals surface area contributed by atoms with Crippen LogP contribution >= 0.6 is 0 Å². The predicted molar refractivity (Wildman–Crippen MR) is 77.7 cm³/mol. The smallest absolute Gasteiger partial charge is 0.234 e. The number of hydrogen-bond donors (Lipinski definition) is 2. The van der Waals surface area contributed by atoms with E-state index in [4.69, 9.17) is 5.73 Å². The van der Waals surface area contributed by atoms with Crippen molar-refractivity contribution in [2.75, 3.05) is 25.4 Å². The van der Waals surface area contributed by atoms with Crippen molar-refractivity contribution in [3.8, 4) is 0 Å². The first kappa shape index (κ1) is 13.9. The summed E-state index contributed by atoms with van der Waals surface area (Å²) < 4.78 is 0. The number of carbonyl (C=O) groups is 1. The highest BCUT2D eigenvalue weighted by molar-refractivity contribution is 5.78. The Morgan fingerprint density at radius 1 is 1.47 bits per heavy atom. The Bertz CT molecular complexity index is 457. The summed E-state index contributed by atoms with van der Waals surface area (Å²) >= 11 is 0. The van der Waals surface area contributed by atoms with E-state index in [0.29, 0.717) is 12.5 Å². The van der Waals surface area contributed by atoms with E-state index in [0.717, 1.165) is 31.7 Å². The molecule has 2 rings (SSSR count). The number of benzene rings is 1. The molecule has 0 aliphatic carbocycles. The van der Waals surface area contributed by atoms with Crippen LogP contribution in [-0.4, -0.2) is 30.4 Å². The summed E-state index contributed by atoms with van der Waals surface area (Å²) in [5.41, 5.74) is 9.35. The predicted octanol–water partition coefficient (Wildman–Crippen LogP) is 1.40. The molecule has 0 radical (unpaired) electrons. The highest BCUT2D eigenvalue weighted by atomic mass is 16.2. The van der Waals surface area contributed by atoms with Crippen LogP contribution in [0.25, 0.3) is 0 Å². The van der Waals surface area contributed by atoms with Gasteiger partial charge in [0, 0.05) is 25.3 Å². The first-order valence-corrected chi connectivity index (χ1v) is 6.91. The van der Waals surface area contributed by atoms with Gasteiger partial charge in [-0.2, -0.15) is 0 Å². The van der Waals surface area contributed by atoms with E-state index >= 15 is 0 Å². The number of nitrogens with one attached hydrogen (secondary N) is 1. The number of anilines is 1. The molecule has 0 fully saturated rings. The Morgan fingerprint density at radius 2 is 2.26 bits per heavy atom. The zero-order valence-corrected chi connectivity index (χ0v) is 11.8. The van der Waals surface area contributed by atoms with Gasteiger partial charge in [-0.05, 0) is 29.5 Å². The van der Waals surface area contributed by atoms with Gasteiger partial charge in [0.05, 0.1) is 6.54 Å². The lowest BCUT2D eigenvalue weighted by atomic mass is 9.98. The average Bonchev–Trinajstić information content (AvgIpc) is 2.36. The Kier molecular flexibility index (Phi) is 4.43. The molecule has 1 aliphatic heterocycles. The molecule has 1 aromatic rings. The van der Waals surface area contributed by atoms with Crippen LogP contribution in [0.5, 0.6) is 0 Å². The number of rotatable bonds is 4. The minimum atomic E-state index is 0.112. The van der Waals surface area contributed by atoms with Crippen LogP contribution in [0.15, 0.2) is 18.2 Å². The summed E-state index contributed by atoms with van der Waals surface area (Å²) in [6.45, 7) is 7.13. The third kappa shape index (κ3) is 3.70. The minimum absolute atomic E-state index is 0.112. The standard InChI is InChI=1S/C15H23N3O/c1-11(2)8-17-15(19)10-18-7-6-13-12(9-18)4-3-5-14(13)16/h3-5,11H,6-10,16H2,1-2H3,(H,17,19). The van der Waals surface area contributed by atoms with Crippen molar-refractivity contribution in [1.82, 2.24) is 10.2 Å². The molecule has 3 N–H and O–H groups in total. The van der Waals surface area contributed by atoms with Crippen LogP contribution < -0.4 is 11.1 Å². The van der Waals surface area contributed by atoms with Crippen LogP contribution in [0.2, 0.25) is 0 Å². The molecule has 0 unspecified atom stereocenters. The Hall–Kier alpha value is -1.55. The fourth-order valence-electron chi connectivity index (χ4n) is 2.41. The Labute approximate surface area is 115 Å². The molecule has 1 aromatic carbocycles. The van der Waals surface area contributed by atoms with Crippen LogP contribution in [0.4, 0.5) is 5.69 Å². The summed E-state index contributed by atoms with van der Waals surface area (Å²) in [5, 5.41) is 2.96. The van der Waals surface area contributed by atoms with Crippen molar-refractivity contribution in [3.63, 3.8) is 0 Å². The molecular formula is C15H23N3O. The summed E-state index contributed by atoms with van der Waals surface area (Å²) in [6.07, 6.45) is 0.930.